The van der Waals surface area contributed by atoms with Gasteiger partial charge < -0.3 is 4.74 Å². The van der Waals surface area contributed by atoms with Crippen LogP contribution in [0.4, 0.5) is 0 Å². The largest absolute Gasteiger partial charge is 0.377 e. The highest BCUT2D eigenvalue weighted by Gasteiger charge is 2.21. The quantitative estimate of drug-likeness (QED) is 0.624. The molecule has 0 bridgehead atoms. The molecular weight excluding hydrogens is 244 g/mol. The van der Waals surface area contributed by atoms with Crippen molar-refractivity contribution in [3.63, 3.8) is 0 Å². The predicted molar refractivity (Wildman–Crippen MR) is 85.9 cm³/mol. The van der Waals surface area contributed by atoms with Crippen molar-refractivity contribution in [3.05, 3.63) is 47.5 Å². The minimum atomic E-state index is 0.743. The molecule has 2 rings (SSSR count). The fraction of sp³-hybridized carbons (Fsp3) is 0.579. The number of ether oxygens (including phenoxy) is 1. The van der Waals surface area contributed by atoms with Crippen LogP contribution in [0.2, 0.25) is 0 Å². The van der Waals surface area contributed by atoms with Gasteiger partial charge >= 0.3 is 0 Å². The van der Waals surface area contributed by atoms with E-state index in [2.05, 4.69) is 43.3 Å². The summed E-state index contributed by atoms with van der Waals surface area (Å²) in [7, 11) is 0. The van der Waals surface area contributed by atoms with Gasteiger partial charge in [-0.3, -0.25) is 0 Å². The third-order valence-electron chi connectivity index (χ3n) is 4.48. The molecule has 110 valence electrons. The Balaban J connectivity index is 1.84. The van der Waals surface area contributed by atoms with Crippen molar-refractivity contribution in [2.45, 2.75) is 58.5 Å². The Bertz CT molecular complexity index is 396. The first kappa shape index (κ1) is 15.3. The van der Waals surface area contributed by atoms with Crippen LogP contribution in [0, 0.1) is 5.92 Å². The number of allylic oxidation sites excluding steroid dienone is 2. The molecule has 0 aliphatic heterocycles. The zero-order valence-electron chi connectivity index (χ0n) is 13.0. The first-order valence-corrected chi connectivity index (χ1v) is 8.11. The molecule has 0 unspecified atom stereocenters. The standard InChI is InChI=1S/C19H28O/c1-3-5-6-16-7-11-18(12-8-16)19-13-9-17(10-14-19)15-20-4-2/h3,5,9-10,13-14,16,18H,4,6-8,11-12,15H2,1-2H3. The van der Waals surface area contributed by atoms with Gasteiger partial charge in [-0.1, -0.05) is 36.4 Å². The van der Waals surface area contributed by atoms with E-state index in [0.29, 0.717) is 0 Å². The number of hydrogen-bond donors (Lipinski definition) is 0. The molecular formula is C19H28O. The van der Waals surface area contributed by atoms with E-state index < -0.39 is 0 Å². The van der Waals surface area contributed by atoms with Crippen molar-refractivity contribution < 1.29 is 4.74 Å². The number of hydrogen-bond acceptors (Lipinski definition) is 1. The van der Waals surface area contributed by atoms with Crippen LogP contribution in [0.3, 0.4) is 0 Å². The molecule has 1 nitrogen and oxygen atoms in total. The lowest BCUT2D eigenvalue weighted by molar-refractivity contribution is 0.134. The molecule has 1 aliphatic carbocycles. The first-order chi connectivity index (χ1) is 9.83. The van der Waals surface area contributed by atoms with Crippen molar-refractivity contribution in [2.75, 3.05) is 6.61 Å². The normalized spacial score (nSPS) is 23.3. The monoisotopic (exact) mass is 272 g/mol. The second kappa shape index (κ2) is 8.26. The number of benzene rings is 1. The molecule has 0 heterocycles. The van der Waals surface area contributed by atoms with E-state index in [4.69, 9.17) is 4.74 Å². The second-order valence-electron chi connectivity index (χ2n) is 5.90. The molecule has 0 spiro atoms. The van der Waals surface area contributed by atoms with Gasteiger partial charge in [0.1, 0.15) is 0 Å². The molecule has 20 heavy (non-hydrogen) atoms. The van der Waals surface area contributed by atoms with Crippen molar-refractivity contribution in [3.8, 4) is 0 Å². The predicted octanol–water partition coefficient (Wildman–Crippen LogP) is 5.46. The van der Waals surface area contributed by atoms with E-state index >= 15 is 0 Å². The zero-order chi connectivity index (χ0) is 14.2. The highest BCUT2D eigenvalue weighted by Crippen LogP contribution is 2.37. The molecule has 0 aromatic heterocycles. The van der Waals surface area contributed by atoms with Gasteiger partial charge in [0.2, 0.25) is 0 Å². The molecule has 0 atom stereocenters. The second-order valence-corrected chi connectivity index (χ2v) is 5.90. The summed E-state index contributed by atoms with van der Waals surface area (Å²) in [4.78, 5) is 0. The Morgan fingerprint density at radius 1 is 1.10 bits per heavy atom. The van der Waals surface area contributed by atoms with Gasteiger partial charge in [0.15, 0.2) is 0 Å². The summed E-state index contributed by atoms with van der Waals surface area (Å²) in [6.45, 7) is 5.70. The van der Waals surface area contributed by atoms with Crippen molar-refractivity contribution in [1.29, 1.82) is 0 Å². The van der Waals surface area contributed by atoms with E-state index in [9.17, 15) is 0 Å². The summed E-state index contributed by atoms with van der Waals surface area (Å²) in [6.07, 6.45) is 11.3. The lowest BCUT2D eigenvalue weighted by Crippen LogP contribution is -2.12. The molecule has 0 saturated heterocycles. The Hall–Kier alpha value is -1.08. The van der Waals surface area contributed by atoms with Gasteiger partial charge in [0.05, 0.1) is 6.61 Å². The molecule has 1 saturated carbocycles. The fourth-order valence-electron chi connectivity index (χ4n) is 3.17. The van der Waals surface area contributed by atoms with Crippen LogP contribution in [0.5, 0.6) is 0 Å². The van der Waals surface area contributed by atoms with Crippen LogP contribution in [0.1, 0.15) is 63.0 Å². The van der Waals surface area contributed by atoms with Gasteiger partial charge in [-0.05, 0) is 68.9 Å². The van der Waals surface area contributed by atoms with E-state index in [0.717, 1.165) is 25.0 Å². The SMILES string of the molecule is CC=CCC1CCC(c2ccc(COCC)cc2)CC1. The van der Waals surface area contributed by atoms with Gasteiger partial charge in [-0.25, -0.2) is 0 Å². The molecule has 0 amide bonds. The van der Waals surface area contributed by atoms with Gasteiger partial charge in [-0.2, -0.15) is 0 Å². The fourth-order valence-corrected chi connectivity index (χ4v) is 3.17. The van der Waals surface area contributed by atoms with Gasteiger partial charge in [0.25, 0.3) is 0 Å². The molecule has 1 aromatic carbocycles. The Morgan fingerprint density at radius 2 is 1.80 bits per heavy atom. The van der Waals surface area contributed by atoms with E-state index in [1.165, 1.54) is 43.2 Å². The Morgan fingerprint density at radius 3 is 2.40 bits per heavy atom. The summed E-state index contributed by atoms with van der Waals surface area (Å²) < 4.78 is 5.45. The third-order valence-corrected chi connectivity index (χ3v) is 4.48. The van der Waals surface area contributed by atoms with Crippen molar-refractivity contribution in [2.24, 2.45) is 5.92 Å². The van der Waals surface area contributed by atoms with Crippen LogP contribution in [0.25, 0.3) is 0 Å². The summed E-state index contributed by atoms with van der Waals surface area (Å²) in [5.41, 5.74) is 2.81. The van der Waals surface area contributed by atoms with E-state index in [1.54, 1.807) is 0 Å². The lowest BCUT2D eigenvalue weighted by Gasteiger charge is -2.28. The van der Waals surface area contributed by atoms with Crippen molar-refractivity contribution in [1.82, 2.24) is 0 Å². The minimum absolute atomic E-state index is 0.743. The summed E-state index contributed by atoms with van der Waals surface area (Å²) >= 11 is 0. The van der Waals surface area contributed by atoms with E-state index in [-0.39, 0.29) is 0 Å². The van der Waals surface area contributed by atoms with Crippen LogP contribution in [0.15, 0.2) is 36.4 Å². The third kappa shape index (κ3) is 4.49. The minimum Gasteiger partial charge on any atom is -0.377 e. The maximum absolute atomic E-state index is 5.45. The molecule has 1 aliphatic rings. The molecule has 1 fully saturated rings. The lowest BCUT2D eigenvalue weighted by atomic mass is 9.77. The van der Waals surface area contributed by atoms with Crippen LogP contribution in [-0.2, 0) is 11.3 Å². The molecule has 1 heteroatoms. The maximum atomic E-state index is 5.45. The van der Waals surface area contributed by atoms with Crippen LogP contribution >= 0.6 is 0 Å². The van der Waals surface area contributed by atoms with E-state index in [1.807, 2.05) is 6.92 Å². The topological polar surface area (TPSA) is 9.23 Å². The Labute approximate surface area is 124 Å². The smallest absolute Gasteiger partial charge is 0.0716 e. The first-order valence-electron chi connectivity index (χ1n) is 8.11. The molecule has 0 radical (unpaired) electrons. The van der Waals surface area contributed by atoms with Crippen LogP contribution in [-0.4, -0.2) is 6.61 Å². The highest BCUT2D eigenvalue weighted by molar-refractivity contribution is 5.25. The molecule has 0 N–H and O–H groups in total. The van der Waals surface area contributed by atoms with Crippen LogP contribution < -0.4 is 0 Å². The Kier molecular flexibility index (Phi) is 6.32. The summed E-state index contributed by atoms with van der Waals surface area (Å²) in [5, 5.41) is 0. The summed E-state index contributed by atoms with van der Waals surface area (Å²) in [6, 6.07) is 9.09. The molecule has 1 aromatic rings. The van der Waals surface area contributed by atoms with Gasteiger partial charge in [-0.15, -0.1) is 0 Å². The number of rotatable bonds is 6. The average Bonchev–Trinajstić information content (AvgIpc) is 2.52. The summed E-state index contributed by atoms with van der Waals surface area (Å²) in [5.74, 6) is 1.69. The highest BCUT2D eigenvalue weighted by atomic mass is 16.5. The van der Waals surface area contributed by atoms with Gasteiger partial charge in [0, 0.05) is 6.61 Å². The average molecular weight is 272 g/mol. The maximum Gasteiger partial charge on any atom is 0.0716 e. The van der Waals surface area contributed by atoms with Crippen molar-refractivity contribution >= 4 is 0 Å². The zero-order valence-corrected chi connectivity index (χ0v) is 13.0.